The molecule has 0 aromatic carbocycles. The SMILES string of the molecule is C#CCC(C)c1nc(=S)[nH][nH]1. The minimum absolute atomic E-state index is 0.243. The predicted octanol–water partition coefficient (Wildman–Crippen LogP) is 1.59. The molecule has 0 radical (unpaired) electrons. The number of hydrogen-bond acceptors (Lipinski definition) is 2. The van der Waals surface area contributed by atoms with Gasteiger partial charge in [-0.25, -0.2) is 4.98 Å². The first-order valence-electron chi connectivity index (χ1n) is 3.32. The normalized spacial score (nSPS) is 12.4. The fourth-order valence-electron chi connectivity index (χ4n) is 0.790. The van der Waals surface area contributed by atoms with Gasteiger partial charge < -0.3 is 0 Å². The summed E-state index contributed by atoms with van der Waals surface area (Å²) in [5, 5.41) is 5.57. The van der Waals surface area contributed by atoms with E-state index in [0.717, 1.165) is 5.82 Å². The van der Waals surface area contributed by atoms with Gasteiger partial charge in [-0.2, -0.15) is 0 Å². The lowest BCUT2D eigenvalue weighted by molar-refractivity contribution is 0.729. The Balaban J connectivity index is 2.78. The monoisotopic (exact) mass is 167 g/mol. The highest BCUT2D eigenvalue weighted by Gasteiger charge is 2.05. The quantitative estimate of drug-likeness (QED) is 0.519. The van der Waals surface area contributed by atoms with Crippen molar-refractivity contribution < 1.29 is 0 Å². The van der Waals surface area contributed by atoms with Crippen LogP contribution in [0.5, 0.6) is 0 Å². The van der Waals surface area contributed by atoms with Gasteiger partial charge in [0.2, 0.25) is 4.77 Å². The average Bonchev–Trinajstić information content (AvgIpc) is 2.36. The summed E-state index contributed by atoms with van der Waals surface area (Å²) in [6.45, 7) is 2.00. The van der Waals surface area contributed by atoms with Crippen molar-refractivity contribution in [1.29, 1.82) is 0 Å². The van der Waals surface area contributed by atoms with Gasteiger partial charge >= 0.3 is 0 Å². The first kappa shape index (κ1) is 8.02. The molecular weight excluding hydrogens is 158 g/mol. The van der Waals surface area contributed by atoms with E-state index < -0.39 is 0 Å². The molecule has 1 rings (SSSR count). The topological polar surface area (TPSA) is 44.5 Å². The highest BCUT2D eigenvalue weighted by molar-refractivity contribution is 7.71. The second kappa shape index (κ2) is 3.35. The number of hydrogen-bond donors (Lipinski definition) is 2. The molecule has 0 aliphatic heterocycles. The Morgan fingerprint density at radius 1 is 1.73 bits per heavy atom. The fraction of sp³-hybridized carbons (Fsp3) is 0.429. The summed E-state index contributed by atoms with van der Waals surface area (Å²) in [4.78, 5) is 4.04. The van der Waals surface area contributed by atoms with E-state index >= 15 is 0 Å². The lowest BCUT2D eigenvalue weighted by atomic mass is 10.1. The summed E-state index contributed by atoms with van der Waals surface area (Å²) in [6, 6.07) is 0. The Labute approximate surface area is 70.2 Å². The van der Waals surface area contributed by atoms with Gasteiger partial charge in [-0.05, 0) is 12.2 Å². The van der Waals surface area contributed by atoms with Crippen LogP contribution < -0.4 is 0 Å². The number of nitrogens with zero attached hydrogens (tertiary/aromatic N) is 1. The Bertz CT molecular complexity index is 317. The molecule has 1 aromatic rings. The third-order valence-electron chi connectivity index (χ3n) is 1.41. The summed E-state index contributed by atoms with van der Waals surface area (Å²) >= 11 is 4.79. The molecule has 0 saturated heterocycles. The van der Waals surface area contributed by atoms with Gasteiger partial charge in [-0.15, -0.1) is 12.3 Å². The van der Waals surface area contributed by atoms with Crippen LogP contribution in [0.15, 0.2) is 0 Å². The Morgan fingerprint density at radius 3 is 2.91 bits per heavy atom. The van der Waals surface area contributed by atoms with Gasteiger partial charge in [0.05, 0.1) is 0 Å². The minimum Gasteiger partial charge on any atom is -0.285 e. The molecule has 0 amide bonds. The first-order valence-corrected chi connectivity index (χ1v) is 3.73. The zero-order valence-corrected chi connectivity index (χ0v) is 7.03. The Hall–Kier alpha value is -1.08. The third kappa shape index (κ3) is 1.92. The average molecular weight is 167 g/mol. The Kier molecular flexibility index (Phi) is 2.44. The van der Waals surface area contributed by atoms with Crippen LogP contribution in [0.2, 0.25) is 0 Å². The van der Waals surface area contributed by atoms with Gasteiger partial charge in [0.1, 0.15) is 5.82 Å². The van der Waals surface area contributed by atoms with Crippen molar-refractivity contribution in [2.45, 2.75) is 19.3 Å². The molecule has 1 aromatic heterocycles. The van der Waals surface area contributed by atoms with E-state index in [9.17, 15) is 0 Å². The number of aromatic amines is 2. The maximum atomic E-state index is 5.15. The van der Waals surface area contributed by atoms with Gasteiger partial charge in [-0.1, -0.05) is 6.92 Å². The minimum atomic E-state index is 0.243. The highest BCUT2D eigenvalue weighted by atomic mass is 32.1. The first-order chi connectivity index (χ1) is 5.24. The summed E-state index contributed by atoms with van der Waals surface area (Å²) in [5.74, 6) is 3.64. The van der Waals surface area contributed by atoms with Gasteiger partial charge in [0.15, 0.2) is 0 Å². The third-order valence-corrected chi connectivity index (χ3v) is 1.60. The van der Waals surface area contributed by atoms with Gasteiger partial charge in [0.25, 0.3) is 0 Å². The van der Waals surface area contributed by atoms with Crippen LogP contribution in [0.1, 0.15) is 25.1 Å². The molecule has 2 N–H and O–H groups in total. The molecule has 0 fully saturated rings. The molecule has 11 heavy (non-hydrogen) atoms. The maximum absolute atomic E-state index is 5.15. The van der Waals surface area contributed by atoms with E-state index in [1.807, 2.05) is 6.92 Å². The second-order valence-electron chi connectivity index (χ2n) is 2.36. The van der Waals surface area contributed by atoms with E-state index in [1.165, 1.54) is 0 Å². The Morgan fingerprint density at radius 2 is 2.45 bits per heavy atom. The molecule has 58 valence electrons. The molecule has 4 heteroatoms. The van der Waals surface area contributed by atoms with Crippen LogP contribution in [0, 0.1) is 17.1 Å². The van der Waals surface area contributed by atoms with Crippen LogP contribution in [0.25, 0.3) is 0 Å². The van der Waals surface area contributed by atoms with Crippen molar-refractivity contribution in [3.05, 3.63) is 10.6 Å². The molecule has 1 atom stereocenters. The number of terminal acetylenes is 1. The molecule has 0 saturated carbocycles. The highest BCUT2D eigenvalue weighted by Crippen LogP contribution is 2.11. The van der Waals surface area contributed by atoms with E-state index in [1.54, 1.807) is 0 Å². The van der Waals surface area contributed by atoms with Crippen molar-refractivity contribution in [3.63, 3.8) is 0 Å². The second-order valence-corrected chi connectivity index (χ2v) is 2.75. The smallest absolute Gasteiger partial charge is 0.213 e. The number of H-pyrrole nitrogens is 2. The van der Waals surface area contributed by atoms with Crippen LogP contribution in [0.4, 0.5) is 0 Å². The maximum Gasteiger partial charge on any atom is 0.213 e. The molecule has 1 unspecified atom stereocenters. The van der Waals surface area contributed by atoms with E-state index in [2.05, 4.69) is 21.1 Å². The van der Waals surface area contributed by atoms with Crippen LogP contribution in [-0.4, -0.2) is 15.2 Å². The zero-order chi connectivity index (χ0) is 8.27. The molecule has 0 bridgehead atoms. The van der Waals surface area contributed by atoms with E-state index in [4.69, 9.17) is 18.6 Å². The van der Waals surface area contributed by atoms with Crippen LogP contribution >= 0.6 is 12.2 Å². The van der Waals surface area contributed by atoms with Crippen LogP contribution in [-0.2, 0) is 0 Å². The summed E-state index contributed by atoms with van der Waals surface area (Å²) in [6.07, 6.45) is 5.82. The van der Waals surface area contributed by atoms with Crippen LogP contribution in [0.3, 0.4) is 0 Å². The van der Waals surface area contributed by atoms with Crippen molar-refractivity contribution in [2.75, 3.05) is 0 Å². The van der Waals surface area contributed by atoms with Crippen molar-refractivity contribution in [2.24, 2.45) is 0 Å². The van der Waals surface area contributed by atoms with Gasteiger partial charge in [-0.3, -0.25) is 10.2 Å². The summed E-state index contributed by atoms with van der Waals surface area (Å²) < 4.78 is 0.476. The van der Waals surface area contributed by atoms with Crippen molar-refractivity contribution in [1.82, 2.24) is 15.2 Å². The van der Waals surface area contributed by atoms with Crippen molar-refractivity contribution >= 4 is 12.2 Å². The molecule has 3 nitrogen and oxygen atoms in total. The number of aromatic nitrogens is 3. The molecule has 1 heterocycles. The predicted molar refractivity (Wildman–Crippen MR) is 45.6 cm³/mol. The van der Waals surface area contributed by atoms with E-state index in [0.29, 0.717) is 11.2 Å². The van der Waals surface area contributed by atoms with Gasteiger partial charge in [0, 0.05) is 12.3 Å². The van der Waals surface area contributed by atoms with Crippen molar-refractivity contribution in [3.8, 4) is 12.3 Å². The lowest BCUT2D eigenvalue weighted by Gasteiger charge is -2.00. The molecular formula is C7H9N3S. The summed E-state index contributed by atoms with van der Waals surface area (Å²) in [5.41, 5.74) is 0. The molecule has 0 aliphatic carbocycles. The number of nitrogens with one attached hydrogen (secondary N) is 2. The zero-order valence-electron chi connectivity index (χ0n) is 6.22. The number of rotatable bonds is 2. The summed E-state index contributed by atoms with van der Waals surface area (Å²) in [7, 11) is 0. The van der Waals surface area contributed by atoms with E-state index in [-0.39, 0.29) is 5.92 Å². The standard InChI is InChI=1S/C7H9N3S/c1-3-4-5(2)6-8-7(11)10-9-6/h1,5H,4H2,2H3,(H2,8,9,10,11). The molecule has 0 spiro atoms. The molecule has 0 aliphatic rings. The fourth-order valence-corrected chi connectivity index (χ4v) is 0.939. The lowest BCUT2D eigenvalue weighted by Crippen LogP contribution is -1.94. The largest absolute Gasteiger partial charge is 0.285 e.